The monoisotopic (exact) mass is 273 g/mol. The molecule has 1 aliphatic rings. The average Bonchev–Trinajstić information content (AvgIpc) is 2.89. The molecule has 0 aromatic carbocycles. The lowest BCUT2D eigenvalue weighted by Crippen LogP contribution is -2.50. The third-order valence-electron chi connectivity index (χ3n) is 2.83. The molecule has 6 nitrogen and oxygen atoms in total. The lowest BCUT2D eigenvalue weighted by atomic mass is 10.1. The average molecular weight is 273 g/mol. The van der Waals surface area contributed by atoms with Gasteiger partial charge in [-0.15, -0.1) is 0 Å². The predicted octanol–water partition coefficient (Wildman–Crippen LogP) is 1.92. The van der Waals surface area contributed by atoms with Crippen LogP contribution in [-0.2, 0) is 14.3 Å². The van der Waals surface area contributed by atoms with Crippen LogP contribution in [0.5, 0.6) is 0 Å². The van der Waals surface area contributed by atoms with Crippen molar-refractivity contribution < 1.29 is 24.2 Å². The minimum Gasteiger partial charge on any atom is -0.480 e. The molecule has 0 spiro atoms. The van der Waals surface area contributed by atoms with Gasteiger partial charge < -0.3 is 19.9 Å². The minimum atomic E-state index is -1.14. The maximum Gasteiger partial charge on any atom is 0.408 e. The van der Waals surface area contributed by atoms with Gasteiger partial charge in [0.25, 0.3) is 0 Å². The summed E-state index contributed by atoms with van der Waals surface area (Å²) in [5.74, 6) is -1.14. The van der Waals surface area contributed by atoms with E-state index >= 15 is 0 Å². The third-order valence-corrected chi connectivity index (χ3v) is 2.83. The fourth-order valence-electron chi connectivity index (χ4n) is 1.63. The van der Waals surface area contributed by atoms with Crippen molar-refractivity contribution in [2.75, 3.05) is 0 Å². The van der Waals surface area contributed by atoms with Gasteiger partial charge in [0.05, 0.1) is 11.7 Å². The van der Waals surface area contributed by atoms with Crippen molar-refractivity contribution in [1.29, 1.82) is 0 Å². The van der Waals surface area contributed by atoms with E-state index in [1.54, 1.807) is 27.7 Å². The number of hydrogen-bond donors (Lipinski definition) is 2. The number of ether oxygens (including phenoxy) is 2. The summed E-state index contributed by atoms with van der Waals surface area (Å²) >= 11 is 0. The van der Waals surface area contributed by atoms with Crippen molar-refractivity contribution in [3.05, 3.63) is 0 Å². The Labute approximate surface area is 113 Å². The summed E-state index contributed by atoms with van der Waals surface area (Å²) in [5, 5.41) is 11.5. The van der Waals surface area contributed by atoms with E-state index in [9.17, 15) is 9.59 Å². The van der Waals surface area contributed by atoms with E-state index in [0.29, 0.717) is 0 Å². The van der Waals surface area contributed by atoms with Crippen LogP contribution in [-0.4, -0.2) is 40.5 Å². The van der Waals surface area contributed by atoms with Crippen molar-refractivity contribution in [1.82, 2.24) is 5.32 Å². The van der Waals surface area contributed by atoms with Crippen LogP contribution in [0.3, 0.4) is 0 Å². The first-order valence-corrected chi connectivity index (χ1v) is 6.43. The largest absolute Gasteiger partial charge is 0.480 e. The van der Waals surface area contributed by atoms with E-state index in [-0.39, 0.29) is 5.60 Å². The maximum absolute atomic E-state index is 11.6. The first-order chi connectivity index (χ1) is 8.52. The molecule has 6 heteroatoms. The first kappa shape index (κ1) is 15.8. The van der Waals surface area contributed by atoms with E-state index in [1.807, 2.05) is 6.92 Å². The molecule has 0 radical (unpaired) electrons. The zero-order valence-corrected chi connectivity index (χ0v) is 12.1. The van der Waals surface area contributed by atoms with E-state index in [4.69, 9.17) is 14.6 Å². The van der Waals surface area contributed by atoms with Gasteiger partial charge in [-0.05, 0) is 47.5 Å². The molecule has 2 N–H and O–H groups in total. The lowest BCUT2D eigenvalue weighted by molar-refractivity contribution is -0.145. The number of aliphatic carboxylic acids is 1. The van der Waals surface area contributed by atoms with Crippen molar-refractivity contribution in [3.8, 4) is 0 Å². The van der Waals surface area contributed by atoms with Crippen molar-refractivity contribution in [3.63, 3.8) is 0 Å². The molecule has 19 heavy (non-hydrogen) atoms. The van der Waals surface area contributed by atoms with Crippen LogP contribution in [0.4, 0.5) is 4.79 Å². The van der Waals surface area contributed by atoms with E-state index in [0.717, 1.165) is 12.8 Å². The number of carbonyl (C=O) groups is 2. The molecule has 0 aromatic heterocycles. The second kappa shape index (κ2) is 5.36. The fraction of sp³-hybridized carbons (Fsp3) is 0.846. The highest BCUT2D eigenvalue weighted by Crippen LogP contribution is 2.40. The van der Waals surface area contributed by atoms with Crippen LogP contribution >= 0.6 is 0 Å². The number of hydrogen-bond acceptors (Lipinski definition) is 4. The fourth-order valence-corrected chi connectivity index (χ4v) is 1.63. The Balaban J connectivity index is 2.57. The normalized spacial score (nSPS) is 20.3. The zero-order valence-electron chi connectivity index (χ0n) is 12.1. The van der Waals surface area contributed by atoms with Crippen LogP contribution in [0.2, 0.25) is 0 Å². The standard InChI is InChI=1S/C13H23NO5/c1-8(18-13(5)6-7-13)9(10(15)16)14-11(17)19-12(2,3)4/h8-9H,6-7H2,1-5H3,(H,14,17)(H,15,16)/t8-,9+/m1/s1. The number of amides is 1. The highest BCUT2D eigenvalue weighted by atomic mass is 16.6. The number of rotatable bonds is 5. The predicted molar refractivity (Wildman–Crippen MR) is 69.0 cm³/mol. The van der Waals surface area contributed by atoms with E-state index in [2.05, 4.69) is 5.32 Å². The van der Waals surface area contributed by atoms with Gasteiger partial charge in [-0.25, -0.2) is 9.59 Å². The Morgan fingerprint density at radius 1 is 1.32 bits per heavy atom. The quantitative estimate of drug-likeness (QED) is 0.799. The molecule has 0 unspecified atom stereocenters. The van der Waals surface area contributed by atoms with Gasteiger partial charge in [0.2, 0.25) is 0 Å². The molecular formula is C13H23NO5. The van der Waals surface area contributed by atoms with Gasteiger partial charge in [0.1, 0.15) is 5.60 Å². The maximum atomic E-state index is 11.6. The van der Waals surface area contributed by atoms with Crippen molar-refractivity contribution >= 4 is 12.1 Å². The molecule has 0 bridgehead atoms. The summed E-state index contributed by atoms with van der Waals surface area (Å²) in [6.07, 6.45) is 0.459. The summed E-state index contributed by atoms with van der Waals surface area (Å²) in [6.45, 7) is 8.71. The molecule has 0 aromatic rings. The lowest BCUT2D eigenvalue weighted by Gasteiger charge is -2.26. The Morgan fingerprint density at radius 2 is 1.84 bits per heavy atom. The topological polar surface area (TPSA) is 84.9 Å². The van der Waals surface area contributed by atoms with Crippen LogP contribution in [0, 0.1) is 0 Å². The van der Waals surface area contributed by atoms with E-state index < -0.39 is 29.8 Å². The summed E-state index contributed by atoms with van der Waals surface area (Å²) in [4.78, 5) is 22.8. The van der Waals surface area contributed by atoms with Gasteiger partial charge in [0, 0.05) is 0 Å². The first-order valence-electron chi connectivity index (χ1n) is 6.43. The summed E-state index contributed by atoms with van der Waals surface area (Å²) in [5.41, 5.74) is -0.914. The Morgan fingerprint density at radius 3 is 2.21 bits per heavy atom. The number of carboxylic acid groups (broad SMARTS) is 1. The molecule has 1 aliphatic carbocycles. The second-order valence-corrected chi connectivity index (χ2v) is 6.24. The van der Waals surface area contributed by atoms with Crippen molar-refractivity contribution in [2.45, 2.75) is 70.8 Å². The number of nitrogens with one attached hydrogen (secondary N) is 1. The van der Waals surface area contributed by atoms with E-state index in [1.165, 1.54) is 0 Å². The molecule has 0 heterocycles. The second-order valence-electron chi connectivity index (χ2n) is 6.24. The van der Waals surface area contributed by atoms with Crippen LogP contribution in [0.15, 0.2) is 0 Å². The minimum absolute atomic E-state index is 0.247. The highest BCUT2D eigenvalue weighted by Gasteiger charge is 2.42. The molecule has 110 valence electrons. The molecule has 1 amide bonds. The smallest absolute Gasteiger partial charge is 0.408 e. The third kappa shape index (κ3) is 5.46. The number of carboxylic acids is 1. The molecule has 1 rings (SSSR count). The summed E-state index contributed by atoms with van der Waals surface area (Å²) < 4.78 is 10.7. The van der Waals surface area contributed by atoms with Gasteiger partial charge in [-0.2, -0.15) is 0 Å². The summed E-state index contributed by atoms with van der Waals surface area (Å²) in [7, 11) is 0. The van der Waals surface area contributed by atoms with Gasteiger partial charge in [-0.1, -0.05) is 0 Å². The molecule has 1 saturated carbocycles. The van der Waals surface area contributed by atoms with Gasteiger partial charge in [0.15, 0.2) is 6.04 Å². The van der Waals surface area contributed by atoms with Crippen LogP contribution in [0.25, 0.3) is 0 Å². The number of alkyl carbamates (subject to hydrolysis) is 1. The Kier molecular flexibility index (Phi) is 4.45. The summed E-state index contributed by atoms with van der Waals surface area (Å²) in [6, 6.07) is -1.12. The van der Waals surface area contributed by atoms with Gasteiger partial charge >= 0.3 is 12.1 Å². The molecule has 0 saturated heterocycles. The van der Waals surface area contributed by atoms with Crippen LogP contribution < -0.4 is 5.32 Å². The highest BCUT2D eigenvalue weighted by molar-refractivity contribution is 5.80. The molecular weight excluding hydrogens is 250 g/mol. The molecule has 2 atom stereocenters. The van der Waals surface area contributed by atoms with Gasteiger partial charge in [-0.3, -0.25) is 0 Å². The Hall–Kier alpha value is -1.30. The zero-order chi connectivity index (χ0) is 14.8. The molecule has 1 fully saturated rings. The van der Waals surface area contributed by atoms with Crippen molar-refractivity contribution in [2.24, 2.45) is 0 Å². The number of carbonyl (C=O) groups excluding carboxylic acids is 1. The SMILES string of the molecule is C[C@@H](OC1(C)CC1)[C@H](NC(=O)OC(C)(C)C)C(=O)O. The Bertz CT molecular complexity index is 357. The van der Waals surface area contributed by atoms with Crippen LogP contribution in [0.1, 0.15) is 47.5 Å². The molecule has 0 aliphatic heterocycles.